The lowest BCUT2D eigenvalue weighted by Crippen LogP contribution is -2.27. The first-order valence-electron chi connectivity index (χ1n) is 6.70. The largest absolute Gasteiger partial charge is 0.435 e. The zero-order chi connectivity index (χ0) is 15.7. The van der Waals surface area contributed by atoms with Gasteiger partial charge in [0.25, 0.3) is 5.88 Å². The minimum Gasteiger partial charge on any atom is -0.435 e. The summed E-state index contributed by atoms with van der Waals surface area (Å²) in [5.41, 5.74) is 1.54. The quantitative estimate of drug-likeness (QED) is 0.695. The van der Waals surface area contributed by atoms with Crippen molar-refractivity contribution in [1.29, 1.82) is 0 Å². The Morgan fingerprint density at radius 1 is 1.18 bits per heavy atom. The molecule has 1 unspecified atom stereocenters. The molecule has 0 saturated carbocycles. The van der Waals surface area contributed by atoms with Gasteiger partial charge < -0.3 is 10.1 Å². The lowest BCUT2D eigenvalue weighted by atomic mass is 9.86. The first-order chi connectivity index (χ1) is 10.6. The molecule has 22 heavy (non-hydrogen) atoms. The number of nitrogens with zero attached hydrogens (tertiary/aromatic N) is 1. The van der Waals surface area contributed by atoms with Gasteiger partial charge in [0, 0.05) is 17.6 Å². The molecular formula is C16H13ClN2O3. The Labute approximate surface area is 132 Å². The van der Waals surface area contributed by atoms with Crippen molar-refractivity contribution in [2.75, 3.05) is 7.05 Å². The van der Waals surface area contributed by atoms with Crippen molar-refractivity contribution >= 4 is 11.6 Å². The maximum Gasteiger partial charge on any atom is 0.317 e. The average molecular weight is 317 g/mol. The molecule has 1 aliphatic rings. The Bertz CT molecular complexity index is 756. The Morgan fingerprint density at radius 2 is 1.86 bits per heavy atom. The molecule has 2 aromatic rings. The number of benzene rings is 2. The van der Waals surface area contributed by atoms with Gasteiger partial charge in [-0.25, -0.2) is 0 Å². The van der Waals surface area contributed by atoms with Gasteiger partial charge >= 0.3 is 5.70 Å². The lowest BCUT2D eigenvalue weighted by molar-refractivity contribution is -0.432. The van der Waals surface area contributed by atoms with Crippen LogP contribution in [0.3, 0.4) is 0 Å². The molecule has 0 radical (unpaired) electrons. The van der Waals surface area contributed by atoms with Crippen LogP contribution in [0.15, 0.2) is 60.1 Å². The number of allylic oxidation sites excluding steroid dienone is 1. The van der Waals surface area contributed by atoms with E-state index in [0.717, 1.165) is 11.1 Å². The smallest absolute Gasteiger partial charge is 0.317 e. The molecule has 1 aliphatic heterocycles. The van der Waals surface area contributed by atoms with Crippen LogP contribution >= 0.6 is 11.6 Å². The van der Waals surface area contributed by atoms with E-state index in [9.17, 15) is 10.1 Å². The minimum absolute atomic E-state index is 0.0106. The Hall–Kier alpha value is -2.53. The van der Waals surface area contributed by atoms with Crippen LogP contribution in [-0.4, -0.2) is 12.0 Å². The third-order valence-corrected chi connectivity index (χ3v) is 3.83. The van der Waals surface area contributed by atoms with Gasteiger partial charge in [-0.1, -0.05) is 41.9 Å². The zero-order valence-corrected chi connectivity index (χ0v) is 12.5. The van der Waals surface area contributed by atoms with Crippen molar-refractivity contribution in [2.24, 2.45) is 0 Å². The fraction of sp³-hybridized carbons (Fsp3) is 0.125. The van der Waals surface area contributed by atoms with E-state index < -0.39 is 10.8 Å². The van der Waals surface area contributed by atoms with Crippen LogP contribution < -0.4 is 10.1 Å². The predicted molar refractivity (Wildman–Crippen MR) is 83.4 cm³/mol. The number of ether oxygens (including phenoxy) is 1. The van der Waals surface area contributed by atoms with Crippen molar-refractivity contribution < 1.29 is 9.66 Å². The van der Waals surface area contributed by atoms with Gasteiger partial charge in [0.2, 0.25) is 0 Å². The van der Waals surface area contributed by atoms with E-state index in [1.165, 1.54) is 0 Å². The van der Waals surface area contributed by atoms with Gasteiger partial charge in [0.15, 0.2) is 0 Å². The molecule has 0 aliphatic carbocycles. The van der Waals surface area contributed by atoms with Crippen LogP contribution in [0.25, 0.3) is 0 Å². The van der Waals surface area contributed by atoms with E-state index >= 15 is 0 Å². The number of hydrogen-bond acceptors (Lipinski definition) is 4. The molecule has 1 heterocycles. The number of hydrogen-bond donors (Lipinski definition) is 1. The molecule has 0 aromatic heterocycles. The van der Waals surface area contributed by atoms with Crippen molar-refractivity contribution in [2.45, 2.75) is 5.92 Å². The Kier molecular flexibility index (Phi) is 3.73. The standard InChI is InChI=1S/C16H13ClN2O3/c1-18-16-15(19(20)21)14(10-6-8-11(17)9-7-10)12-4-2-3-5-13(12)22-16/h2-9,14,18H,1H3. The third kappa shape index (κ3) is 2.40. The SMILES string of the molecule is CNC1=C([N+](=O)[O-])C(c2ccc(Cl)cc2)c2ccccc2O1. The molecule has 6 heteroatoms. The molecule has 0 bridgehead atoms. The van der Waals surface area contributed by atoms with Crippen LogP contribution in [0.5, 0.6) is 5.75 Å². The molecule has 0 spiro atoms. The summed E-state index contributed by atoms with van der Waals surface area (Å²) in [5.74, 6) is 0.251. The minimum atomic E-state index is -0.514. The first kappa shape index (κ1) is 14.4. The van der Waals surface area contributed by atoms with Gasteiger partial charge in [-0.05, 0) is 23.8 Å². The summed E-state index contributed by atoms with van der Waals surface area (Å²) in [6, 6.07) is 14.4. The highest BCUT2D eigenvalue weighted by molar-refractivity contribution is 6.30. The molecular weight excluding hydrogens is 304 g/mol. The lowest BCUT2D eigenvalue weighted by Gasteiger charge is -2.25. The number of nitrogens with one attached hydrogen (secondary N) is 1. The van der Waals surface area contributed by atoms with Crippen LogP contribution in [0.2, 0.25) is 5.02 Å². The Morgan fingerprint density at radius 3 is 2.50 bits per heavy atom. The highest BCUT2D eigenvalue weighted by Crippen LogP contribution is 2.42. The van der Waals surface area contributed by atoms with E-state index in [-0.39, 0.29) is 11.6 Å². The van der Waals surface area contributed by atoms with E-state index in [0.29, 0.717) is 10.8 Å². The van der Waals surface area contributed by atoms with Crippen LogP contribution in [0.4, 0.5) is 0 Å². The average Bonchev–Trinajstić information content (AvgIpc) is 2.53. The normalized spacial score (nSPS) is 16.7. The number of halogens is 1. The molecule has 3 rings (SSSR count). The van der Waals surface area contributed by atoms with E-state index in [1.807, 2.05) is 18.2 Å². The number of rotatable bonds is 3. The van der Waals surface area contributed by atoms with Crippen molar-refractivity contribution in [3.63, 3.8) is 0 Å². The molecule has 112 valence electrons. The molecule has 0 fully saturated rings. The van der Waals surface area contributed by atoms with E-state index in [2.05, 4.69) is 5.32 Å². The first-order valence-corrected chi connectivity index (χ1v) is 7.08. The molecule has 5 nitrogen and oxygen atoms in total. The topological polar surface area (TPSA) is 64.4 Å². The summed E-state index contributed by atoms with van der Waals surface area (Å²) in [4.78, 5) is 11.2. The summed E-state index contributed by atoms with van der Waals surface area (Å²) in [6.45, 7) is 0. The summed E-state index contributed by atoms with van der Waals surface area (Å²) < 4.78 is 5.63. The number of nitro groups is 1. The fourth-order valence-corrected chi connectivity index (χ4v) is 2.74. The second kappa shape index (κ2) is 5.69. The third-order valence-electron chi connectivity index (χ3n) is 3.58. The number of fused-ring (bicyclic) bond motifs is 1. The summed E-state index contributed by atoms with van der Waals surface area (Å²) in [6.07, 6.45) is 0. The molecule has 0 saturated heterocycles. The summed E-state index contributed by atoms with van der Waals surface area (Å²) >= 11 is 5.92. The zero-order valence-electron chi connectivity index (χ0n) is 11.7. The maximum atomic E-state index is 11.6. The van der Waals surface area contributed by atoms with Crippen LogP contribution in [0.1, 0.15) is 17.0 Å². The highest BCUT2D eigenvalue weighted by atomic mass is 35.5. The second-order valence-corrected chi connectivity index (χ2v) is 5.28. The van der Waals surface area contributed by atoms with Gasteiger partial charge in [-0.2, -0.15) is 0 Å². The summed E-state index contributed by atoms with van der Waals surface area (Å²) in [7, 11) is 1.60. The molecule has 1 N–H and O–H groups in total. The van der Waals surface area contributed by atoms with Gasteiger partial charge in [0.05, 0.1) is 4.92 Å². The highest BCUT2D eigenvalue weighted by Gasteiger charge is 2.39. The Balaban J connectivity index is 2.23. The van der Waals surface area contributed by atoms with Crippen LogP contribution in [0, 0.1) is 10.1 Å². The fourth-order valence-electron chi connectivity index (χ4n) is 2.61. The van der Waals surface area contributed by atoms with Crippen molar-refractivity contribution in [3.05, 3.63) is 86.4 Å². The van der Waals surface area contributed by atoms with Gasteiger partial charge in [-0.3, -0.25) is 10.1 Å². The van der Waals surface area contributed by atoms with Crippen LogP contribution in [-0.2, 0) is 0 Å². The predicted octanol–water partition coefficient (Wildman–Crippen LogP) is 3.53. The maximum absolute atomic E-state index is 11.6. The van der Waals surface area contributed by atoms with Crippen molar-refractivity contribution in [1.82, 2.24) is 5.32 Å². The van der Waals surface area contributed by atoms with Gasteiger partial charge in [-0.15, -0.1) is 0 Å². The summed E-state index contributed by atoms with van der Waals surface area (Å²) in [5, 5.41) is 15.0. The molecule has 2 aromatic carbocycles. The van der Waals surface area contributed by atoms with E-state index in [4.69, 9.17) is 16.3 Å². The molecule has 1 atom stereocenters. The van der Waals surface area contributed by atoms with Crippen molar-refractivity contribution in [3.8, 4) is 5.75 Å². The molecule has 0 amide bonds. The number of para-hydroxylation sites is 1. The van der Waals surface area contributed by atoms with Gasteiger partial charge in [0.1, 0.15) is 11.7 Å². The monoisotopic (exact) mass is 316 g/mol. The van der Waals surface area contributed by atoms with E-state index in [1.54, 1.807) is 37.4 Å². The second-order valence-electron chi connectivity index (χ2n) is 4.85.